The maximum Gasteiger partial charge on any atom is 0.295 e. The van der Waals surface area contributed by atoms with Crippen LogP contribution in [0.1, 0.15) is 23.6 Å². The maximum absolute atomic E-state index is 13.5. The van der Waals surface area contributed by atoms with Gasteiger partial charge in [-0.05, 0) is 54.4 Å². The smallest absolute Gasteiger partial charge is 0.295 e. The average Bonchev–Trinajstić information content (AvgIpc) is 3.59. The number of amides is 1. The van der Waals surface area contributed by atoms with Gasteiger partial charge >= 0.3 is 0 Å². The number of carbonyl (C=O) groups is 2. The van der Waals surface area contributed by atoms with Crippen LogP contribution in [-0.2, 0) is 16.1 Å². The van der Waals surface area contributed by atoms with Crippen molar-refractivity contribution in [3.8, 4) is 23.0 Å². The van der Waals surface area contributed by atoms with E-state index in [1.54, 1.807) is 36.8 Å². The minimum atomic E-state index is -0.810. The summed E-state index contributed by atoms with van der Waals surface area (Å²) in [4.78, 5) is 32.4. The van der Waals surface area contributed by atoms with Crippen molar-refractivity contribution >= 4 is 17.4 Å². The predicted octanol–water partition coefficient (Wildman–Crippen LogP) is 4.96. The quantitative estimate of drug-likeness (QED) is 0.193. The van der Waals surface area contributed by atoms with Crippen molar-refractivity contribution in [2.45, 2.75) is 19.0 Å². The topological polar surface area (TPSA) is 103 Å². The molecule has 202 valence electrons. The number of ether oxygens (including phenoxy) is 3. The fourth-order valence-corrected chi connectivity index (χ4v) is 5.02. The molecule has 2 aliphatic heterocycles. The Bertz CT molecular complexity index is 1570. The Labute approximate surface area is 230 Å². The molecule has 0 bridgehead atoms. The standard InChI is InChI=1S/C31H27N3O6/c35-29(22-10-11-25-26(19-22)39-17-16-38-25)27-28(21-6-4-9-24(18-21)40-23-7-2-1-3-8-23)34(31(37)30(27)36)14-5-13-33-15-12-32-20-33/h1-4,6-12,15,18-20,28,35H,5,13-14,16-17H2/t28-/m1/s1. The van der Waals surface area contributed by atoms with Crippen LogP contribution in [0.3, 0.4) is 0 Å². The van der Waals surface area contributed by atoms with Crippen LogP contribution in [0.2, 0.25) is 0 Å². The lowest BCUT2D eigenvalue weighted by molar-refractivity contribution is -0.139. The van der Waals surface area contributed by atoms with E-state index < -0.39 is 17.7 Å². The van der Waals surface area contributed by atoms with E-state index in [0.717, 1.165) is 0 Å². The largest absolute Gasteiger partial charge is 0.507 e. The van der Waals surface area contributed by atoms with E-state index >= 15 is 0 Å². The van der Waals surface area contributed by atoms with E-state index in [2.05, 4.69) is 4.98 Å². The first-order chi connectivity index (χ1) is 19.6. The highest BCUT2D eigenvalue weighted by Crippen LogP contribution is 2.42. The van der Waals surface area contributed by atoms with Gasteiger partial charge in [0.15, 0.2) is 11.5 Å². The van der Waals surface area contributed by atoms with Gasteiger partial charge in [-0.25, -0.2) is 4.98 Å². The molecule has 9 nitrogen and oxygen atoms in total. The van der Waals surface area contributed by atoms with Crippen LogP contribution in [0.4, 0.5) is 0 Å². The second-order valence-electron chi connectivity index (χ2n) is 9.49. The SMILES string of the molecule is O=C1C(=O)N(CCCn2ccnc2)[C@H](c2cccc(Oc3ccccc3)c2)C1=C(O)c1ccc2c(c1)OCCO2. The number of hydrogen-bond acceptors (Lipinski definition) is 7. The zero-order valence-corrected chi connectivity index (χ0v) is 21.6. The Morgan fingerprint density at radius 2 is 1.73 bits per heavy atom. The lowest BCUT2D eigenvalue weighted by atomic mass is 9.95. The molecule has 40 heavy (non-hydrogen) atoms. The van der Waals surface area contributed by atoms with Crippen LogP contribution in [0.5, 0.6) is 23.0 Å². The molecular formula is C31H27N3O6. The van der Waals surface area contributed by atoms with E-state index in [1.165, 1.54) is 4.90 Å². The maximum atomic E-state index is 13.5. The van der Waals surface area contributed by atoms with Crippen LogP contribution >= 0.6 is 0 Å². The van der Waals surface area contributed by atoms with E-state index in [4.69, 9.17) is 14.2 Å². The normalized spacial score (nSPS) is 17.7. The summed E-state index contributed by atoms with van der Waals surface area (Å²) in [6.07, 6.45) is 5.83. The van der Waals surface area contributed by atoms with Crippen molar-refractivity contribution in [2.24, 2.45) is 0 Å². The number of hydrogen-bond donors (Lipinski definition) is 1. The molecule has 1 atom stereocenters. The monoisotopic (exact) mass is 537 g/mol. The Morgan fingerprint density at radius 1 is 0.925 bits per heavy atom. The molecule has 1 amide bonds. The van der Waals surface area contributed by atoms with Gasteiger partial charge in [-0.3, -0.25) is 9.59 Å². The molecule has 3 heterocycles. The van der Waals surface area contributed by atoms with Crippen LogP contribution in [-0.4, -0.2) is 51.0 Å². The van der Waals surface area contributed by atoms with Gasteiger partial charge in [0, 0.05) is 31.0 Å². The van der Waals surface area contributed by atoms with E-state index in [9.17, 15) is 14.7 Å². The lowest BCUT2D eigenvalue weighted by Crippen LogP contribution is -2.31. The van der Waals surface area contributed by atoms with Crippen LogP contribution < -0.4 is 14.2 Å². The average molecular weight is 538 g/mol. The molecule has 1 fully saturated rings. The molecule has 6 rings (SSSR count). The third kappa shape index (κ3) is 5.01. The van der Waals surface area contributed by atoms with Gasteiger partial charge < -0.3 is 28.8 Å². The second-order valence-corrected chi connectivity index (χ2v) is 9.49. The molecule has 1 saturated heterocycles. The van der Waals surface area contributed by atoms with Gasteiger partial charge in [0.1, 0.15) is 30.5 Å². The minimum Gasteiger partial charge on any atom is -0.507 e. The highest BCUT2D eigenvalue weighted by atomic mass is 16.6. The van der Waals surface area contributed by atoms with Gasteiger partial charge in [-0.15, -0.1) is 0 Å². The summed E-state index contributed by atoms with van der Waals surface area (Å²) >= 11 is 0. The number of rotatable bonds is 8. The number of aliphatic hydroxyl groups is 1. The number of ketones is 1. The third-order valence-corrected chi connectivity index (χ3v) is 6.88. The number of aromatic nitrogens is 2. The zero-order chi connectivity index (χ0) is 27.5. The first kappa shape index (κ1) is 25.2. The molecular weight excluding hydrogens is 510 g/mol. The van der Waals surface area contributed by atoms with Crippen molar-refractivity contribution < 1.29 is 28.9 Å². The number of aliphatic hydroxyl groups excluding tert-OH is 1. The zero-order valence-electron chi connectivity index (χ0n) is 21.6. The Morgan fingerprint density at radius 3 is 2.52 bits per heavy atom. The summed E-state index contributed by atoms with van der Waals surface area (Å²) in [5.41, 5.74) is 1.03. The van der Waals surface area contributed by atoms with Crippen LogP contribution in [0, 0.1) is 0 Å². The molecule has 0 unspecified atom stereocenters. The molecule has 0 saturated carbocycles. The molecule has 1 aromatic heterocycles. The van der Waals surface area contributed by atoms with Gasteiger partial charge in [0.25, 0.3) is 11.7 Å². The first-order valence-electron chi connectivity index (χ1n) is 13.1. The van der Waals surface area contributed by atoms with Gasteiger partial charge in [0.2, 0.25) is 0 Å². The molecule has 9 heteroatoms. The van der Waals surface area contributed by atoms with Crippen molar-refractivity contribution in [2.75, 3.05) is 19.8 Å². The van der Waals surface area contributed by atoms with Gasteiger partial charge in [-0.2, -0.15) is 0 Å². The number of Topliss-reactive ketones (excluding diaryl/α,β-unsaturated/α-hetero) is 1. The summed E-state index contributed by atoms with van der Waals surface area (Å²) in [5, 5.41) is 11.5. The van der Waals surface area contributed by atoms with Crippen molar-refractivity contribution in [1.29, 1.82) is 0 Å². The number of benzene rings is 3. The second kappa shape index (κ2) is 11.0. The number of nitrogens with zero attached hydrogens (tertiary/aromatic N) is 3. The van der Waals surface area contributed by atoms with Crippen LogP contribution in [0.25, 0.3) is 5.76 Å². The molecule has 0 spiro atoms. The summed E-state index contributed by atoms with van der Waals surface area (Å²) in [7, 11) is 0. The third-order valence-electron chi connectivity index (χ3n) is 6.88. The van der Waals surface area contributed by atoms with E-state index in [0.29, 0.717) is 66.8 Å². The van der Waals surface area contributed by atoms with Crippen molar-refractivity contribution in [3.63, 3.8) is 0 Å². The number of para-hydroxylation sites is 1. The van der Waals surface area contributed by atoms with Crippen LogP contribution in [0.15, 0.2) is 97.1 Å². The predicted molar refractivity (Wildman–Crippen MR) is 146 cm³/mol. The molecule has 3 aromatic carbocycles. The molecule has 0 radical (unpaired) electrons. The highest BCUT2D eigenvalue weighted by Gasteiger charge is 2.46. The van der Waals surface area contributed by atoms with Gasteiger partial charge in [0.05, 0.1) is 17.9 Å². The fraction of sp³-hybridized carbons (Fsp3) is 0.194. The van der Waals surface area contributed by atoms with E-state index in [-0.39, 0.29) is 11.3 Å². The van der Waals surface area contributed by atoms with Gasteiger partial charge in [-0.1, -0.05) is 30.3 Å². The Hall–Kier alpha value is -5.05. The summed E-state index contributed by atoms with van der Waals surface area (Å²) in [5.74, 6) is 0.562. The highest BCUT2D eigenvalue weighted by molar-refractivity contribution is 6.46. The van der Waals surface area contributed by atoms with Crippen molar-refractivity contribution in [3.05, 3.63) is 108 Å². The number of carbonyl (C=O) groups excluding carboxylic acids is 2. The number of imidazole rings is 1. The molecule has 2 aliphatic rings. The van der Waals surface area contributed by atoms with E-state index in [1.807, 2.05) is 59.3 Å². The molecule has 0 aliphatic carbocycles. The molecule has 1 N–H and O–H groups in total. The minimum absolute atomic E-state index is 0.0150. The summed E-state index contributed by atoms with van der Waals surface area (Å²) in [6.45, 7) is 1.74. The number of fused-ring (bicyclic) bond motifs is 1. The molecule has 4 aromatic rings. The summed E-state index contributed by atoms with van der Waals surface area (Å²) < 4.78 is 19.2. The fourth-order valence-electron chi connectivity index (χ4n) is 5.02. The lowest BCUT2D eigenvalue weighted by Gasteiger charge is -2.26. The first-order valence-corrected chi connectivity index (χ1v) is 13.1. The Kier molecular flexibility index (Phi) is 6.93. The summed E-state index contributed by atoms with van der Waals surface area (Å²) in [6, 6.07) is 20.7. The van der Waals surface area contributed by atoms with Crippen molar-refractivity contribution in [1.82, 2.24) is 14.5 Å². The number of likely N-dealkylation sites (tertiary alicyclic amines) is 1. The Balaban J connectivity index is 1.38. The number of aryl methyl sites for hydroxylation is 1.